The number of carbonyl (C=O) groups is 3. The summed E-state index contributed by atoms with van der Waals surface area (Å²) in [6, 6.07) is 6.08. The highest BCUT2D eigenvalue weighted by atomic mass is 32.1. The maximum Gasteiger partial charge on any atom is 0.296 e. The molecule has 0 bridgehead atoms. The lowest BCUT2D eigenvalue weighted by molar-refractivity contribution is -0.117. The molecule has 0 saturated carbocycles. The maximum atomic E-state index is 13.7. The number of rotatable bonds is 7. The van der Waals surface area contributed by atoms with E-state index < -0.39 is 23.5 Å². The van der Waals surface area contributed by atoms with Gasteiger partial charge in [0, 0.05) is 6.92 Å². The lowest BCUT2D eigenvalue weighted by Gasteiger charge is -2.24. The summed E-state index contributed by atoms with van der Waals surface area (Å²) in [6.07, 6.45) is 0. The normalized spacial score (nSPS) is 15.9. The van der Waals surface area contributed by atoms with Crippen LogP contribution in [0.1, 0.15) is 61.2 Å². The molecule has 3 heterocycles. The van der Waals surface area contributed by atoms with Crippen LogP contribution in [0.2, 0.25) is 0 Å². The highest BCUT2D eigenvalue weighted by Crippen LogP contribution is 2.45. The molecule has 0 radical (unpaired) electrons. The Morgan fingerprint density at radius 3 is 2.41 bits per heavy atom. The Morgan fingerprint density at radius 1 is 1.12 bits per heavy atom. The lowest BCUT2D eigenvalue weighted by atomic mass is 9.95. The van der Waals surface area contributed by atoms with Crippen molar-refractivity contribution in [2.24, 2.45) is 0 Å². The summed E-state index contributed by atoms with van der Waals surface area (Å²) in [5.74, 6) is -1.47. The van der Waals surface area contributed by atoms with Gasteiger partial charge in [-0.1, -0.05) is 23.5 Å². The van der Waals surface area contributed by atoms with Crippen molar-refractivity contribution in [3.63, 3.8) is 0 Å². The first-order valence-corrected chi connectivity index (χ1v) is 12.2. The van der Waals surface area contributed by atoms with Gasteiger partial charge in [-0.05, 0) is 45.4 Å². The molecule has 34 heavy (non-hydrogen) atoms. The van der Waals surface area contributed by atoms with Crippen LogP contribution in [0, 0.1) is 20.8 Å². The third-order valence-corrected chi connectivity index (χ3v) is 7.69. The third-order valence-electron chi connectivity index (χ3n) is 5.36. The summed E-state index contributed by atoms with van der Waals surface area (Å²) in [4.78, 5) is 49.8. The number of amides is 1. The topological polar surface area (TPSA) is 110 Å². The van der Waals surface area contributed by atoms with E-state index in [4.69, 9.17) is 4.74 Å². The number of aryl methyl sites for hydroxylation is 3. The minimum absolute atomic E-state index is 0.0531. The zero-order valence-corrected chi connectivity index (χ0v) is 21.0. The van der Waals surface area contributed by atoms with Gasteiger partial charge in [-0.2, -0.15) is 0 Å². The van der Waals surface area contributed by atoms with Crippen LogP contribution in [-0.2, 0) is 4.79 Å². The highest BCUT2D eigenvalue weighted by molar-refractivity contribution is 7.17. The number of nitrogens with zero attached hydrogens (tertiary/aromatic N) is 3. The second-order valence-electron chi connectivity index (χ2n) is 7.79. The number of Topliss-reactive ketones (excluding diaryl/α,β-unsaturated/α-hetero) is 2. The highest BCUT2D eigenvalue weighted by Gasteiger charge is 2.46. The fourth-order valence-corrected chi connectivity index (χ4v) is 5.83. The Morgan fingerprint density at radius 2 is 1.82 bits per heavy atom. The van der Waals surface area contributed by atoms with E-state index in [2.05, 4.69) is 9.97 Å². The number of aliphatic hydroxyl groups is 1. The number of thiazole rings is 2. The molecule has 0 aliphatic carbocycles. The summed E-state index contributed by atoms with van der Waals surface area (Å²) in [5.41, 5.74) is 1.53. The number of ketones is 2. The van der Waals surface area contributed by atoms with E-state index in [1.54, 1.807) is 45.0 Å². The van der Waals surface area contributed by atoms with Crippen LogP contribution in [0.3, 0.4) is 0 Å². The first-order valence-electron chi connectivity index (χ1n) is 10.6. The van der Waals surface area contributed by atoms with Crippen LogP contribution < -0.4 is 9.64 Å². The van der Waals surface area contributed by atoms with Crippen molar-refractivity contribution < 1.29 is 24.2 Å². The zero-order valence-electron chi connectivity index (χ0n) is 19.3. The quantitative estimate of drug-likeness (QED) is 0.462. The minimum Gasteiger partial charge on any atom is -0.503 e. The molecule has 2 aromatic heterocycles. The third kappa shape index (κ3) is 4.03. The van der Waals surface area contributed by atoms with Crippen molar-refractivity contribution in [3.8, 4) is 5.75 Å². The molecular weight excluding hydrogens is 474 g/mol. The molecule has 1 unspecified atom stereocenters. The lowest BCUT2D eigenvalue weighted by Crippen LogP contribution is -2.31. The SMILES string of the molecule is CCOc1cccc(C2C(C(=O)c3sc(C)nc3C)=C(O)C(=O)N2c2nc(C)c(C(C)=O)s2)c1. The first-order chi connectivity index (χ1) is 16.1. The number of hydrogen-bond donors (Lipinski definition) is 1. The van der Waals surface area contributed by atoms with Crippen LogP contribution in [-0.4, -0.2) is 39.2 Å². The molecule has 1 atom stereocenters. The summed E-state index contributed by atoms with van der Waals surface area (Å²) < 4.78 is 5.63. The largest absolute Gasteiger partial charge is 0.503 e. The molecule has 10 heteroatoms. The Labute approximate surface area is 204 Å². The number of hydrogen-bond acceptors (Lipinski definition) is 9. The number of aliphatic hydroxyl groups excluding tert-OH is 1. The molecule has 176 valence electrons. The standard InChI is InChI=1S/C24H23N3O5S2/c1-6-32-16-9-7-8-15(10-16)18-17(19(29)22-12(3)25-14(5)33-22)20(30)23(31)27(18)24-26-11(2)21(34-24)13(4)28/h7-10,18,30H,6H2,1-5H3. The van der Waals surface area contributed by atoms with E-state index in [9.17, 15) is 19.5 Å². The summed E-state index contributed by atoms with van der Waals surface area (Å²) in [6.45, 7) is 8.92. The van der Waals surface area contributed by atoms with Crippen LogP contribution in [0.4, 0.5) is 5.13 Å². The molecule has 1 aliphatic heterocycles. The minimum atomic E-state index is -0.951. The Kier molecular flexibility index (Phi) is 6.37. The first kappa shape index (κ1) is 23.8. The molecule has 0 spiro atoms. The molecule has 3 aromatic rings. The predicted octanol–water partition coefficient (Wildman–Crippen LogP) is 4.91. The van der Waals surface area contributed by atoms with Gasteiger partial charge in [0.15, 0.2) is 16.7 Å². The van der Waals surface area contributed by atoms with E-state index in [0.29, 0.717) is 44.1 Å². The van der Waals surface area contributed by atoms with E-state index in [1.165, 1.54) is 23.2 Å². The van der Waals surface area contributed by atoms with Crippen molar-refractivity contribution in [2.75, 3.05) is 11.5 Å². The van der Waals surface area contributed by atoms with Gasteiger partial charge < -0.3 is 9.84 Å². The van der Waals surface area contributed by atoms with E-state index in [-0.39, 0.29) is 16.5 Å². The van der Waals surface area contributed by atoms with Crippen molar-refractivity contribution >= 4 is 45.3 Å². The summed E-state index contributed by atoms with van der Waals surface area (Å²) in [7, 11) is 0. The molecular formula is C24H23N3O5S2. The van der Waals surface area contributed by atoms with Crippen LogP contribution in [0.15, 0.2) is 35.6 Å². The van der Waals surface area contributed by atoms with Gasteiger partial charge in [-0.3, -0.25) is 19.3 Å². The number of carbonyl (C=O) groups excluding carboxylic acids is 3. The van der Waals surface area contributed by atoms with Gasteiger partial charge in [0.1, 0.15) is 5.75 Å². The fourth-order valence-electron chi connectivity index (χ4n) is 3.97. The van der Waals surface area contributed by atoms with E-state index in [0.717, 1.165) is 11.3 Å². The monoisotopic (exact) mass is 497 g/mol. The summed E-state index contributed by atoms with van der Waals surface area (Å²) in [5, 5.41) is 11.9. The van der Waals surface area contributed by atoms with Gasteiger partial charge >= 0.3 is 0 Å². The molecule has 1 aromatic carbocycles. The summed E-state index contributed by atoms with van der Waals surface area (Å²) >= 11 is 2.27. The Bertz CT molecular complexity index is 1350. The average molecular weight is 498 g/mol. The van der Waals surface area contributed by atoms with Crippen LogP contribution >= 0.6 is 22.7 Å². The molecule has 0 saturated heterocycles. The van der Waals surface area contributed by atoms with Crippen molar-refractivity contribution in [2.45, 2.75) is 40.7 Å². The molecule has 1 amide bonds. The van der Waals surface area contributed by atoms with Gasteiger partial charge in [-0.15, -0.1) is 11.3 Å². The fraction of sp³-hybridized carbons (Fsp3) is 0.292. The van der Waals surface area contributed by atoms with Gasteiger partial charge in [-0.25, -0.2) is 9.97 Å². The molecule has 1 aliphatic rings. The van der Waals surface area contributed by atoms with Crippen molar-refractivity contribution in [1.29, 1.82) is 0 Å². The second kappa shape index (κ2) is 9.11. The molecule has 4 rings (SSSR count). The molecule has 0 fully saturated rings. The van der Waals surface area contributed by atoms with E-state index in [1.807, 2.05) is 6.92 Å². The van der Waals surface area contributed by atoms with Crippen LogP contribution in [0.5, 0.6) is 5.75 Å². The van der Waals surface area contributed by atoms with Crippen molar-refractivity contribution in [3.05, 3.63) is 67.3 Å². The van der Waals surface area contributed by atoms with E-state index >= 15 is 0 Å². The second-order valence-corrected chi connectivity index (χ2v) is 9.97. The number of ether oxygens (including phenoxy) is 1. The molecule has 8 nitrogen and oxygen atoms in total. The van der Waals surface area contributed by atoms with Crippen molar-refractivity contribution in [1.82, 2.24) is 9.97 Å². The number of aromatic nitrogens is 2. The molecule has 1 N–H and O–H groups in total. The Balaban J connectivity index is 1.91. The van der Waals surface area contributed by atoms with Gasteiger partial charge in [0.25, 0.3) is 5.91 Å². The average Bonchev–Trinajstić information content (AvgIpc) is 3.41. The van der Waals surface area contributed by atoms with Gasteiger partial charge in [0.2, 0.25) is 5.78 Å². The predicted molar refractivity (Wildman–Crippen MR) is 130 cm³/mol. The Hall–Kier alpha value is -3.37. The zero-order chi connectivity index (χ0) is 24.7. The number of anilines is 1. The van der Waals surface area contributed by atoms with Gasteiger partial charge in [0.05, 0.1) is 44.4 Å². The maximum absolute atomic E-state index is 13.7. The number of benzene rings is 1. The smallest absolute Gasteiger partial charge is 0.296 e. The van der Waals surface area contributed by atoms with Crippen LogP contribution in [0.25, 0.3) is 0 Å².